The van der Waals surface area contributed by atoms with Gasteiger partial charge in [-0.2, -0.15) is 0 Å². The van der Waals surface area contributed by atoms with Crippen LogP contribution in [0, 0.1) is 5.92 Å². The molecule has 0 heterocycles. The second-order valence-corrected chi connectivity index (χ2v) is 4.33. The summed E-state index contributed by atoms with van der Waals surface area (Å²) in [6.45, 7) is 5.14. The Morgan fingerprint density at radius 3 is 2.44 bits per heavy atom. The van der Waals surface area contributed by atoms with E-state index in [1.165, 1.54) is 24.3 Å². The second kappa shape index (κ2) is 7.29. The quantitative estimate of drug-likeness (QED) is 0.701. The fourth-order valence-corrected chi connectivity index (χ4v) is 1.87. The predicted molar refractivity (Wildman–Crippen MR) is 68.9 cm³/mol. The zero-order chi connectivity index (χ0) is 11.8. The Labute approximate surface area is 98.9 Å². The van der Waals surface area contributed by atoms with E-state index in [-0.39, 0.29) is 0 Å². The molecule has 16 heavy (non-hydrogen) atoms. The van der Waals surface area contributed by atoms with Crippen molar-refractivity contribution in [3.05, 3.63) is 30.3 Å². The Kier molecular flexibility index (Phi) is 5.94. The summed E-state index contributed by atoms with van der Waals surface area (Å²) in [6.07, 6.45) is 4.81. The van der Waals surface area contributed by atoms with Gasteiger partial charge in [-0.05, 0) is 24.5 Å². The molecule has 0 aromatic heterocycles. The molecule has 1 N–H and O–H groups in total. The van der Waals surface area contributed by atoms with Crippen molar-refractivity contribution in [2.24, 2.45) is 5.92 Å². The van der Waals surface area contributed by atoms with E-state index in [1.54, 1.807) is 0 Å². The number of anilines is 1. The van der Waals surface area contributed by atoms with Crippen LogP contribution in [-0.4, -0.2) is 11.8 Å². The minimum atomic E-state index is 0.588. The summed E-state index contributed by atoms with van der Waals surface area (Å²) in [5, 5.41) is 11.3. The summed E-state index contributed by atoms with van der Waals surface area (Å²) in [6, 6.07) is 9.74. The minimum Gasteiger partial charge on any atom is -0.288 e. The van der Waals surface area contributed by atoms with Crippen molar-refractivity contribution in [2.45, 2.75) is 39.5 Å². The molecular weight excluding hydrogens is 198 g/mol. The van der Waals surface area contributed by atoms with E-state index < -0.39 is 0 Å². The van der Waals surface area contributed by atoms with Gasteiger partial charge >= 0.3 is 0 Å². The maximum atomic E-state index is 9.95. The van der Waals surface area contributed by atoms with Crippen LogP contribution in [0.3, 0.4) is 0 Å². The van der Waals surface area contributed by atoms with Crippen LogP contribution in [0.4, 0.5) is 5.69 Å². The molecule has 0 fully saturated rings. The van der Waals surface area contributed by atoms with Crippen molar-refractivity contribution in [1.82, 2.24) is 0 Å². The highest BCUT2D eigenvalue weighted by Gasteiger charge is 2.10. The standard InChI is InChI=1S/C14H23NO/c1-3-5-9-13(4-2)12-15(16)14-10-7-6-8-11-14/h6-8,10-11,13,16H,3-5,9,12H2,1-2H3. The van der Waals surface area contributed by atoms with Gasteiger partial charge in [-0.1, -0.05) is 51.3 Å². The van der Waals surface area contributed by atoms with Gasteiger partial charge in [0.05, 0.1) is 5.69 Å². The van der Waals surface area contributed by atoms with E-state index in [1.807, 2.05) is 30.3 Å². The Balaban J connectivity index is 2.45. The van der Waals surface area contributed by atoms with Crippen LogP contribution in [0.25, 0.3) is 0 Å². The van der Waals surface area contributed by atoms with E-state index in [0.717, 1.165) is 18.7 Å². The van der Waals surface area contributed by atoms with Crippen molar-refractivity contribution in [3.63, 3.8) is 0 Å². The van der Waals surface area contributed by atoms with Crippen LogP contribution in [0.1, 0.15) is 39.5 Å². The number of hydrogen-bond donors (Lipinski definition) is 1. The molecule has 0 bridgehead atoms. The van der Waals surface area contributed by atoms with Crippen LogP contribution in [0.2, 0.25) is 0 Å². The summed E-state index contributed by atoms with van der Waals surface area (Å²) in [4.78, 5) is 0. The fraction of sp³-hybridized carbons (Fsp3) is 0.571. The lowest BCUT2D eigenvalue weighted by Gasteiger charge is -2.23. The number of hydroxylamine groups is 1. The lowest BCUT2D eigenvalue weighted by atomic mass is 9.99. The normalized spacial score (nSPS) is 12.4. The summed E-state index contributed by atoms with van der Waals surface area (Å²) < 4.78 is 0. The van der Waals surface area contributed by atoms with Gasteiger partial charge in [0.1, 0.15) is 0 Å². The molecule has 0 aliphatic rings. The number of rotatable bonds is 7. The first kappa shape index (κ1) is 13.0. The Hall–Kier alpha value is -1.02. The van der Waals surface area contributed by atoms with Gasteiger partial charge in [0.2, 0.25) is 0 Å². The smallest absolute Gasteiger partial charge is 0.0634 e. The second-order valence-electron chi connectivity index (χ2n) is 4.33. The molecule has 1 unspecified atom stereocenters. The van der Waals surface area contributed by atoms with Crippen molar-refractivity contribution < 1.29 is 5.21 Å². The van der Waals surface area contributed by atoms with Crippen LogP contribution >= 0.6 is 0 Å². The molecule has 0 radical (unpaired) electrons. The number of benzene rings is 1. The lowest BCUT2D eigenvalue weighted by Crippen LogP contribution is -2.25. The van der Waals surface area contributed by atoms with E-state index >= 15 is 0 Å². The van der Waals surface area contributed by atoms with Gasteiger partial charge in [0.15, 0.2) is 0 Å². The maximum absolute atomic E-state index is 9.95. The zero-order valence-electron chi connectivity index (χ0n) is 10.4. The third-order valence-corrected chi connectivity index (χ3v) is 3.03. The van der Waals surface area contributed by atoms with Gasteiger partial charge in [-0.3, -0.25) is 10.3 Å². The molecule has 0 saturated carbocycles. The van der Waals surface area contributed by atoms with Crippen molar-refractivity contribution in [3.8, 4) is 0 Å². The number of para-hydroxylation sites is 1. The van der Waals surface area contributed by atoms with E-state index in [2.05, 4.69) is 13.8 Å². The van der Waals surface area contributed by atoms with Crippen molar-refractivity contribution in [2.75, 3.05) is 11.6 Å². The lowest BCUT2D eigenvalue weighted by molar-refractivity contribution is 0.226. The molecule has 0 spiro atoms. The largest absolute Gasteiger partial charge is 0.288 e. The Morgan fingerprint density at radius 2 is 1.88 bits per heavy atom. The van der Waals surface area contributed by atoms with Crippen LogP contribution < -0.4 is 5.06 Å². The SMILES string of the molecule is CCCCC(CC)CN(O)c1ccccc1. The summed E-state index contributed by atoms with van der Waals surface area (Å²) >= 11 is 0. The Morgan fingerprint density at radius 1 is 1.19 bits per heavy atom. The first-order valence-electron chi connectivity index (χ1n) is 6.29. The maximum Gasteiger partial charge on any atom is 0.0634 e. The monoisotopic (exact) mass is 221 g/mol. The highest BCUT2D eigenvalue weighted by Crippen LogP contribution is 2.18. The molecule has 1 atom stereocenters. The average molecular weight is 221 g/mol. The van der Waals surface area contributed by atoms with Crippen LogP contribution in [-0.2, 0) is 0 Å². The highest BCUT2D eigenvalue weighted by atomic mass is 16.5. The first-order valence-corrected chi connectivity index (χ1v) is 6.29. The van der Waals surface area contributed by atoms with Crippen LogP contribution in [0.5, 0.6) is 0 Å². The minimum absolute atomic E-state index is 0.588. The zero-order valence-corrected chi connectivity index (χ0v) is 10.4. The molecule has 0 aliphatic carbocycles. The molecule has 2 nitrogen and oxygen atoms in total. The predicted octanol–water partition coefficient (Wildman–Crippen LogP) is 4.10. The molecule has 0 aliphatic heterocycles. The van der Waals surface area contributed by atoms with Crippen molar-refractivity contribution >= 4 is 5.69 Å². The molecule has 90 valence electrons. The summed E-state index contributed by atoms with van der Waals surface area (Å²) in [5.74, 6) is 0.588. The van der Waals surface area contributed by atoms with Crippen molar-refractivity contribution in [1.29, 1.82) is 0 Å². The fourth-order valence-electron chi connectivity index (χ4n) is 1.87. The molecule has 0 amide bonds. The third-order valence-electron chi connectivity index (χ3n) is 3.03. The van der Waals surface area contributed by atoms with E-state index in [9.17, 15) is 5.21 Å². The highest BCUT2D eigenvalue weighted by molar-refractivity contribution is 5.42. The number of nitrogens with zero attached hydrogens (tertiary/aromatic N) is 1. The van der Waals surface area contributed by atoms with Gasteiger partial charge in [-0.15, -0.1) is 0 Å². The third kappa shape index (κ3) is 4.23. The summed E-state index contributed by atoms with van der Waals surface area (Å²) in [5.41, 5.74) is 0.887. The molecule has 1 rings (SSSR count). The van der Waals surface area contributed by atoms with E-state index in [4.69, 9.17) is 0 Å². The molecular formula is C14H23NO. The van der Waals surface area contributed by atoms with Gasteiger partial charge in [-0.25, -0.2) is 0 Å². The number of unbranched alkanes of at least 4 members (excludes halogenated alkanes) is 1. The molecule has 1 aromatic carbocycles. The van der Waals surface area contributed by atoms with Gasteiger partial charge in [0, 0.05) is 6.54 Å². The Bertz CT molecular complexity index is 273. The van der Waals surface area contributed by atoms with Gasteiger partial charge in [0.25, 0.3) is 0 Å². The summed E-state index contributed by atoms with van der Waals surface area (Å²) in [7, 11) is 0. The average Bonchev–Trinajstić information content (AvgIpc) is 2.35. The first-order chi connectivity index (χ1) is 7.77. The topological polar surface area (TPSA) is 23.5 Å². The van der Waals surface area contributed by atoms with E-state index in [0.29, 0.717) is 5.92 Å². The number of hydrogen-bond acceptors (Lipinski definition) is 2. The molecule has 1 aromatic rings. The molecule has 2 heteroatoms. The van der Waals surface area contributed by atoms with Crippen LogP contribution in [0.15, 0.2) is 30.3 Å². The molecule has 0 saturated heterocycles. The van der Waals surface area contributed by atoms with Gasteiger partial charge < -0.3 is 0 Å².